The summed E-state index contributed by atoms with van der Waals surface area (Å²) in [6, 6.07) is 7.08. The molecule has 0 aliphatic carbocycles. The highest BCUT2D eigenvalue weighted by atomic mass is 16.5. The lowest BCUT2D eigenvalue weighted by Crippen LogP contribution is -2.45. The molecule has 0 unspecified atom stereocenters. The summed E-state index contributed by atoms with van der Waals surface area (Å²) in [7, 11) is 0. The molecule has 2 aliphatic heterocycles. The number of furan rings is 2. The number of ether oxygens (including phenoxy) is 1. The standard InChI is InChI=1S/C18H19NO6/c20-17(15-13-5-6-14(25-13)16(15)18(21)22)19(9-11-3-1-7-23-11)10-12-4-2-8-24-12/h1-4,7-8,13-16H,5-6,9-10H2,(H,21,22)/t13-,14+,15-,16+/m1/s1. The van der Waals surface area contributed by atoms with Crippen molar-refractivity contribution in [1.82, 2.24) is 4.90 Å². The molecule has 0 spiro atoms. The van der Waals surface area contributed by atoms with Crippen LogP contribution in [0.1, 0.15) is 24.4 Å². The maximum absolute atomic E-state index is 13.2. The lowest BCUT2D eigenvalue weighted by atomic mass is 9.78. The van der Waals surface area contributed by atoms with Crippen LogP contribution in [0.3, 0.4) is 0 Å². The van der Waals surface area contributed by atoms with Crippen molar-refractivity contribution in [3.05, 3.63) is 48.3 Å². The number of carbonyl (C=O) groups excluding carboxylic acids is 1. The molecule has 2 aliphatic rings. The molecule has 0 radical (unpaired) electrons. The molecule has 0 aromatic carbocycles. The summed E-state index contributed by atoms with van der Waals surface area (Å²) >= 11 is 0. The fourth-order valence-corrected chi connectivity index (χ4v) is 3.91. The van der Waals surface area contributed by atoms with Crippen LogP contribution in [0.5, 0.6) is 0 Å². The Labute approximate surface area is 144 Å². The normalized spacial score (nSPS) is 27.5. The van der Waals surface area contributed by atoms with E-state index >= 15 is 0 Å². The Morgan fingerprint density at radius 2 is 1.56 bits per heavy atom. The minimum Gasteiger partial charge on any atom is -0.481 e. The lowest BCUT2D eigenvalue weighted by molar-refractivity contribution is -0.151. The van der Waals surface area contributed by atoms with Crippen LogP contribution in [-0.4, -0.2) is 34.1 Å². The average molecular weight is 345 g/mol. The number of amides is 1. The van der Waals surface area contributed by atoms with Gasteiger partial charge in [-0.3, -0.25) is 9.59 Å². The van der Waals surface area contributed by atoms with E-state index in [0.29, 0.717) is 17.9 Å². The molecule has 2 saturated heterocycles. The molecule has 1 amide bonds. The number of nitrogens with zero attached hydrogens (tertiary/aromatic N) is 1. The third-order valence-corrected chi connectivity index (χ3v) is 5.01. The maximum Gasteiger partial charge on any atom is 0.310 e. The van der Waals surface area contributed by atoms with Gasteiger partial charge in [-0.25, -0.2) is 0 Å². The van der Waals surface area contributed by atoms with Crippen LogP contribution in [0.2, 0.25) is 0 Å². The molecule has 2 aromatic rings. The maximum atomic E-state index is 13.2. The van der Waals surface area contributed by atoms with E-state index in [1.807, 2.05) is 0 Å². The van der Waals surface area contributed by atoms with Crippen LogP contribution in [0, 0.1) is 11.8 Å². The highest BCUT2D eigenvalue weighted by Gasteiger charge is 2.56. The van der Waals surface area contributed by atoms with Gasteiger partial charge in [0.25, 0.3) is 0 Å². The van der Waals surface area contributed by atoms with Crippen molar-refractivity contribution in [3.8, 4) is 0 Å². The molecule has 132 valence electrons. The molecule has 2 aromatic heterocycles. The van der Waals surface area contributed by atoms with Crippen LogP contribution < -0.4 is 0 Å². The predicted molar refractivity (Wildman–Crippen MR) is 84.2 cm³/mol. The van der Waals surface area contributed by atoms with E-state index in [9.17, 15) is 14.7 Å². The van der Waals surface area contributed by atoms with Crippen LogP contribution in [0.4, 0.5) is 0 Å². The molecule has 4 atom stereocenters. The topological polar surface area (TPSA) is 93.1 Å². The zero-order valence-electron chi connectivity index (χ0n) is 13.5. The Morgan fingerprint density at radius 3 is 2.04 bits per heavy atom. The Bertz CT molecular complexity index is 701. The first-order valence-electron chi connectivity index (χ1n) is 8.35. The summed E-state index contributed by atoms with van der Waals surface area (Å²) in [5.74, 6) is -1.39. The number of carboxylic acid groups (broad SMARTS) is 1. The Hall–Kier alpha value is -2.54. The molecular formula is C18H19NO6. The SMILES string of the molecule is O=C(O)[C@@H]1[C@H](C(=O)N(Cc2ccco2)Cc2ccco2)[C@H]2CC[C@@H]1O2. The van der Waals surface area contributed by atoms with Gasteiger partial charge in [-0.1, -0.05) is 0 Å². The van der Waals surface area contributed by atoms with E-state index in [1.54, 1.807) is 41.7 Å². The van der Waals surface area contributed by atoms with Gasteiger partial charge in [-0.05, 0) is 37.1 Å². The first kappa shape index (κ1) is 16.0. The molecular weight excluding hydrogens is 326 g/mol. The smallest absolute Gasteiger partial charge is 0.310 e. The first-order chi connectivity index (χ1) is 12.1. The average Bonchev–Trinajstić information content (AvgIpc) is 3.36. The summed E-state index contributed by atoms with van der Waals surface area (Å²) in [5.41, 5.74) is 0. The third-order valence-electron chi connectivity index (χ3n) is 5.01. The zero-order chi connectivity index (χ0) is 17.4. The summed E-state index contributed by atoms with van der Waals surface area (Å²) < 4.78 is 16.4. The molecule has 1 N–H and O–H groups in total. The van der Waals surface area contributed by atoms with E-state index in [4.69, 9.17) is 13.6 Å². The second-order valence-electron chi connectivity index (χ2n) is 6.53. The van der Waals surface area contributed by atoms with E-state index in [1.165, 1.54) is 0 Å². The Balaban J connectivity index is 1.59. The van der Waals surface area contributed by atoms with Gasteiger partial charge in [0, 0.05) is 0 Å². The van der Waals surface area contributed by atoms with Crippen LogP contribution in [-0.2, 0) is 27.4 Å². The van der Waals surface area contributed by atoms with E-state index in [0.717, 1.165) is 6.42 Å². The number of rotatable bonds is 6. The first-order valence-corrected chi connectivity index (χ1v) is 8.35. The lowest BCUT2D eigenvalue weighted by Gasteiger charge is -2.30. The predicted octanol–water partition coefficient (Wildman–Crippen LogP) is 2.28. The molecule has 7 heteroatoms. The van der Waals surface area contributed by atoms with Crippen molar-refractivity contribution in [2.45, 2.75) is 38.1 Å². The minimum absolute atomic E-state index is 0.229. The molecule has 2 bridgehead atoms. The fourth-order valence-electron chi connectivity index (χ4n) is 3.91. The minimum atomic E-state index is -0.971. The molecule has 25 heavy (non-hydrogen) atoms. The molecule has 4 heterocycles. The Morgan fingerprint density at radius 1 is 1.00 bits per heavy atom. The molecule has 0 saturated carbocycles. The van der Waals surface area contributed by atoms with E-state index < -0.39 is 17.8 Å². The van der Waals surface area contributed by atoms with Gasteiger partial charge < -0.3 is 23.6 Å². The van der Waals surface area contributed by atoms with Gasteiger partial charge in [0.05, 0.1) is 49.7 Å². The van der Waals surface area contributed by atoms with E-state index in [2.05, 4.69) is 0 Å². The van der Waals surface area contributed by atoms with Crippen LogP contribution >= 0.6 is 0 Å². The summed E-state index contributed by atoms with van der Waals surface area (Å²) in [6.45, 7) is 0.513. The van der Waals surface area contributed by atoms with Crippen molar-refractivity contribution >= 4 is 11.9 Å². The van der Waals surface area contributed by atoms with Crippen LogP contribution in [0.25, 0.3) is 0 Å². The molecule has 2 fully saturated rings. The third kappa shape index (κ3) is 2.95. The van der Waals surface area contributed by atoms with Gasteiger partial charge in [-0.2, -0.15) is 0 Å². The molecule has 7 nitrogen and oxygen atoms in total. The van der Waals surface area contributed by atoms with Crippen LogP contribution in [0.15, 0.2) is 45.6 Å². The van der Waals surface area contributed by atoms with E-state index in [-0.39, 0.29) is 31.2 Å². The number of fused-ring (bicyclic) bond motifs is 2. The number of carbonyl (C=O) groups is 2. The second-order valence-corrected chi connectivity index (χ2v) is 6.53. The van der Waals surface area contributed by atoms with Gasteiger partial charge in [0.15, 0.2) is 0 Å². The van der Waals surface area contributed by atoms with Crippen molar-refractivity contribution in [2.24, 2.45) is 11.8 Å². The largest absolute Gasteiger partial charge is 0.481 e. The van der Waals surface area contributed by atoms with Gasteiger partial charge in [-0.15, -0.1) is 0 Å². The highest BCUT2D eigenvalue weighted by Crippen LogP contribution is 2.44. The number of hydrogen-bond donors (Lipinski definition) is 1. The second kappa shape index (κ2) is 6.40. The van der Waals surface area contributed by atoms with Crippen molar-refractivity contribution in [1.29, 1.82) is 0 Å². The summed E-state index contributed by atoms with van der Waals surface area (Å²) in [4.78, 5) is 26.5. The number of aliphatic carboxylic acids is 1. The Kier molecular flexibility index (Phi) is 4.09. The monoisotopic (exact) mass is 345 g/mol. The van der Waals surface area contributed by atoms with Gasteiger partial charge in [0.1, 0.15) is 11.5 Å². The van der Waals surface area contributed by atoms with Gasteiger partial charge in [0.2, 0.25) is 5.91 Å². The van der Waals surface area contributed by atoms with Crippen molar-refractivity contribution < 1.29 is 28.3 Å². The summed E-state index contributed by atoms with van der Waals surface area (Å²) in [6.07, 6.45) is 3.82. The fraction of sp³-hybridized carbons (Fsp3) is 0.444. The van der Waals surface area contributed by atoms with Crippen molar-refractivity contribution in [2.75, 3.05) is 0 Å². The summed E-state index contributed by atoms with van der Waals surface area (Å²) in [5, 5.41) is 9.56. The van der Waals surface area contributed by atoms with Gasteiger partial charge >= 0.3 is 5.97 Å². The quantitative estimate of drug-likeness (QED) is 0.863. The van der Waals surface area contributed by atoms with Crippen molar-refractivity contribution in [3.63, 3.8) is 0 Å². The molecule has 4 rings (SSSR count). The number of hydrogen-bond acceptors (Lipinski definition) is 5. The zero-order valence-corrected chi connectivity index (χ0v) is 13.5. The highest BCUT2D eigenvalue weighted by molar-refractivity contribution is 5.86. The number of carboxylic acids is 1.